The van der Waals surface area contributed by atoms with Gasteiger partial charge in [0, 0.05) is 16.4 Å². The molecule has 66 valence electrons. The Morgan fingerprint density at radius 2 is 2.17 bits per heavy atom. The summed E-state index contributed by atoms with van der Waals surface area (Å²) in [6.07, 6.45) is 2.17. The lowest BCUT2D eigenvalue weighted by Gasteiger charge is -2.27. The van der Waals surface area contributed by atoms with E-state index in [1.807, 2.05) is 0 Å². The van der Waals surface area contributed by atoms with Crippen LogP contribution in [0.25, 0.3) is 0 Å². The summed E-state index contributed by atoms with van der Waals surface area (Å²) in [4.78, 5) is 0. The maximum absolute atomic E-state index is 3.52. The highest BCUT2D eigenvalue weighted by Gasteiger charge is 2.33. The SMILES string of the molecule is CC1=C(C)N2CC(Br)=CN2C1C. The van der Waals surface area contributed by atoms with Crippen LogP contribution in [0.3, 0.4) is 0 Å². The Bertz CT molecular complexity index is 280. The smallest absolute Gasteiger partial charge is 0.0723 e. The van der Waals surface area contributed by atoms with Gasteiger partial charge < -0.3 is 0 Å². The molecule has 3 heteroatoms. The van der Waals surface area contributed by atoms with Crippen LogP contribution in [0, 0.1) is 0 Å². The van der Waals surface area contributed by atoms with Crippen LogP contribution >= 0.6 is 15.9 Å². The summed E-state index contributed by atoms with van der Waals surface area (Å²) in [5.41, 5.74) is 2.87. The maximum atomic E-state index is 3.52. The number of rotatable bonds is 0. The van der Waals surface area contributed by atoms with Gasteiger partial charge in [-0.25, -0.2) is 0 Å². The van der Waals surface area contributed by atoms with Gasteiger partial charge in [-0.3, -0.25) is 10.0 Å². The third kappa shape index (κ3) is 0.922. The lowest BCUT2D eigenvalue weighted by Crippen LogP contribution is -2.32. The van der Waals surface area contributed by atoms with Gasteiger partial charge in [0.25, 0.3) is 0 Å². The molecule has 2 aliphatic heterocycles. The van der Waals surface area contributed by atoms with Gasteiger partial charge in [0.1, 0.15) is 0 Å². The Kier molecular flexibility index (Phi) is 1.72. The summed E-state index contributed by atoms with van der Waals surface area (Å²) in [6, 6.07) is 0.528. The number of nitrogens with zero attached hydrogens (tertiary/aromatic N) is 2. The van der Waals surface area contributed by atoms with Gasteiger partial charge >= 0.3 is 0 Å². The molecular formula is C9H13BrN2. The van der Waals surface area contributed by atoms with E-state index in [0.717, 1.165) is 6.54 Å². The van der Waals surface area contributed by atoms with Crippen LogP contribution in [0.2, 0.25) is 0 Å². The molecule has 2 nitrogen and oxygen atoms in total. The zero-order valence-corrected chi connectivity index (χ0v) is 9.22. The Balaban J connectivity index is 2.32. The van der Waals surface area contributed by atoms with E-state index in [2.05, 4.69) is 52.9 Å². The molecule has 0 N–H and O–H groups in total. The molecule has 1 unspecified atom stereocenters. The van der Waals surface area contributed by atoms with Crippen LogP contribution in [-0.2, 0) is 0 Å². The standard InChI is InChI=1S/C9H13BrN2/c1-6-7(2)11-4-9(10)5-12(11)8(6)3/h4,7H,5H2,1-3H3. The first kappa shape index (κ1) is 8.17. The number of allylic oxidation sites excluding steroid dienone is 1. The quantitative estimate of drug-likeness (QED) is 0.629. The molecule has 0 spiro atoms. The minimum atomic E-state index is 0.528. The van der Waals surface area contributed by atoms with Gasteiger partial charge in [-0.1, -0.05) is 15.9 Å². The molecule has 0 fully saturated rings. The van der Waals surface area contributed by atoms with Gasteiger partial charge in [-0.15, -0.1) is 0 Å². The highest BCUT2D eigenvalue weighted by molar-refractivity contribution is 9.11. The van der Waals surface area contributed by atoms with Crippen LogP contribution in [-0.4, -0.2) is 22.6 Å². The molecular weight excluding hydrogens is 216 g/mol. The molecule has 2 heterocycles. The van der Waals surface area contributed by atoms with Crippen molar-refractivity contribution in [3.05, 3.63) is 22.0 Å². The molecule has 0 saturated heterocycles. The second kappa shape index (κ2) is 2.52. The fourth-order valence-corrected chi connectivity index (χ4v) is 2.24. The highest BCUT2D eigenvalue weighted by Crippen LogP contribution is 2.35. The van der Waals surface area contributed by atoms with Gasteiger partial charge in [-0.2, -0.15) is 0 Å². The first-order chi connectivity index (χ1) is 5.61. The number of halogens is 1. The fraction of sp³-hybridized carbons (Fsp3) is 0.556. The Labute approximate surface area is 81.6 Å². The Morgan fingerprint density at radius 1 is 1.50 bits per heavy atom. The van der Waals surface area contributed by atoms with Crippen molar-refractivity contribution in [1.82, 2.24) is 10.0 Å². The summed E-state index contributed by atoms with van der Waals surface area (Å²) in [5.74, 6) is 0. The van der Waals surface area contributed by atoms with Crippen molar-refractivity contribution < 1.29 is 0 Å². The third-order valence-electron chi connectivity index (χ3n) is 2.83. The molecule has 0 radical (unpaired) electrons. The first-order valence-corrected chi connectivity index (χ1v) is 5.00. The van der Waals surface area contributed by atoms with E-state index in [1.54, 1.807) is 0 Å². The molecule has 2 rings (SSSR count). The predicted octanol–water partition coefficient (Wildman–Crippen LogP) is 2.45. The van der Waals surface area contributed by atoms with E-state index in [1.165, 1.54) is 15.8 Å². The van der Waals surface area contributed by atoms with Crippen LogP contribution in [0.1, 0.15) is 20.8 Å². The zero-order valence-electron chi connectivity index (χ0n) is 7.63. The predicted molar refractivity (Wildman–Crippen MR) is 53.4 cm³/mol. The fourth-order valence-electron chi connectivity index (χ4n) is 1.80. The van der Waals surface area contributed by atoms with E-state index in [-0.39, 0.29) is 0 Å². The average molecular weight is 229 g/mol. The maximum Gasteiger partial charge on any atom is 0.0723 e. The molecule has 0 aromatic carbocycles. The van der Waals surface area contributed by atoms with Crippen LogP contribution in [0.4, 0.5) is 0 Å². The van der Waals surface area contributed by atoms with Gasteiger partial charge in [-0.05, 0) is 26.3 Å². The number of fused-ring (bicyclic) bond motifs is 1. The second-order valence-corrected chi connectivity index (χ2v) is 4.48. The van der Waals surface area contributed by atoms with Crippen molar-refractivity contribution in [3.8, 4) is 0 Å². The molecule has 0 aromatic heterocycles. The normalized spacial score (nSPS) is 28.3. The first-order valence-electron chi connectivity index (χ1n) is 4.20. The number of hydrogen-bond donors (Lipinski definition) is 0. The van der Waals surface area contributed by atoms with Crippen LogP contribution in [0.5, 0.6) is 0 Å². The van der Waals surface area contributed by atoms with Gasteiger partial charge in [0.05, 0.1) is 12.6 Å². The topological polar surface area (TPSA) is 6.48 Å². The molecule has 12 heavy (non-hydrogen) atoms. The summed E-state index contributed by atoms with van der Waals surface area (Å²) in [7, 11) is 0. The van der Waals surface area contributed by atoms with E-state index in [0.29, 0.717) is 6.04 Å². The molecule has 1 atom stereocenters. The van der Waals surface area contributed by atoms with E-state index >= 15 is 0 Å². The largest absolute Gasteiger partial charge is 0.285 e. The monoisotopic (exact) mass is 228 g/mol. The van der Waals surface area contributed by atoms with Crippen LogP contribution in [0.15, 0.2) is 22.0 Å². The third-order valence-corrected chi connectivity index (χ3v) is 3.29. The highest BCUT2D eigenvalue weighted by atomic mass is 79.9. The average Bonchev–Trinajstić information content (AvgIpc) is 2.49. The summed E-state index contributed by atoms with van der Waals surface area (Å²) < 4.78 is 1.27. The van der Waals surface area contributed by atoms with Crippen molar-refractivity contribution in [3.63, 3.8) is 0 Å². The van der Waals surface area contributed by atoms with Gasteiger partial charge in [0.15, 0.2) is 0 Å². The van der Waals surface area contributed by atoms with Crippen molar-refractivity contribution in [2.24, 2.45) is 0 Å². The minimum Gasteiger partial charge on any atom is -0.285 e. The lowest BCUT2D eigenvalue weighted by atomic mass is 10.1. The van der Waals surface area contributed by atoms with Gasteiger partial charge in [0.2, 0.25) is 0 Å². The van der Waals surface area contributed by atoms with Crippen molar-refractivity contribution in [2.75, 3.05) is 6.54 Å². The van der Waals surface area contributed by atoms with E-state index < -0.39 is 0 Å². The van der Waals surface area contributed by atoms with Crippen molar-refractivity contribution >= 4 is 15.9 Å². The molecule has 0 saturated carbocycles. The zero-order chi connectivity index (χ0) is 8.88. The van der Waals surface area contributed by atoms with E-state index in [4.69, 9.17) is 0 Å². The molecule has 0 amide bonds. The molecule has 0 aliphatic carbocycles. The number of hydrogen-bond acceptors (Lipinski definition) is 2. The number of hydrazine groups is 1. The summed E-state index contributed by atoms with van der Waals surface area (Å²) in [5, 5.41) is 4.60. The van der Waals surface area contributed by atoms with Crippen molar-refractivity contribution in [1.29, 1.82) is 0 Å². The molecule has 0 aromatic rings. The lowest BCUT2D eigenvalue weighted by molar-refractivity contribution is 0.0980. The van der Waals surface area contributed by atoms with Crippen molar-refractivity contribution in [2.45, 2.75) is 26.8 Å². The summed E-state index contributed by atoms with van der Waals surface area (Å²) in [6.45, 7) is 7.62. The second-order valence-electron chi connectivity index (χ2n) is 3.46. The molecule has 2 aliphatic rings. The minimum absolute atomic E-state index is 0.528. The Hall–Kier alpha value is -0.440. The summed E-state index contributed by atoms with van der Waals surface area (Å²) >= 11 is 3.52. The van der Waals surface area contributed by atoms with Crippen LogP contribution < -0.4 is 0 Å². The Morgan fingerprint density at radius 3 is 2.75 bits per heavy atom. The van der Waals surface area contributed by atoms with E-state index in [9.17, 15) is 0 Å². The molecule has 0 bridgehead atoms.